The van der Waals surface area contributed by atoms with Crippen molar-refractivity contribution in [3.05, 3.63) is 77.0 Å². The summed E-state index contributed by atoms with van der Waals surface area (Å²) in [6, 6.07) is 11.7. The molecule has 2 atom stereocenters. The van der Waals surface area contributed by atoms with E-state index >= 15 is 0 Å². The summed E-state index contributed by atoms with van der Waals surface area (Å²) in [5.41, 5.74) is 5.36. The van der Waals surface area contributed by atoms with E-state index in [1.54, 1.807) is 13.0 Å². The summed E-state index contributed by atoms with van der Waals surface area (Å²) in [7, 11) is 0. The first kappa shape index (κ1) is 26.7. The second-order valence-electron chi connectivity index (χ2n) is 11.5. The van der Waals surface area contributed by atoms with Crippen LogP contribution in [0.25, 0.3) is 5.65 Å². The van der Waals surface area contributed by atoms with Gasteiger partial charge in [0, 0.05) is 62.5 Å². The molecule has 3 fully saturated rings. The van der Waals surface area contributed by atoms with E-state index in [2.05, 4.69) is 48.4 Å². The molecule has 0 spiro atoms. The van der Waals surface area contributed by atoms with Gasteiger partial charge in [0.25, 0.3) is 0 Å². The number of piperazine rings is 1. The zero-order chi connectivity index (χ0) is 28.8. The van der Waals surface area contributed by atoms with Crippen molar-refractivity contribution in [1.82, 2.24) is 24.3 Å². The van der Waals surface area contributed by atoms with Crippen LogP contribution in [0.5, 0.6) is 0 Å². The highest BCUT2D eigenvalue weighted by atomic mass is 35.5. The topological polar surface area (TPSA) is 108 Å². The minimum absolute atomic E-state index is 0.0480. The van der Waals surface area contributed by atoms with Crippen LogP contribution in [-0.4, -0.2) is 62.2 Å². The molecule has 2 amide bonds. The molecule has 42 heavy (non-hydrogen) atoms. The van der Waals surface area contributed by atoms with Crippen LogP contribution in [0.15, 0.2) is 55.1 Å². The predicted octanol–water partition coefficient (Wildman–Crippen LogP) is 4.68. The number of anilines is 3. The molecule has 1 aliphatic heterocycles. The molecule has 1 saturated heterocycles. The number of pyridine rings is 1. The molecule has 4 aromatic rings. The Morgan fingerprint density at radius 2 is 1.81 bits per heavy atom. The molecule has 10 nitrogen and oxygen atoms in total. The van der Waals surface area contributed by atoms with Crippen molar-refractivity contribution in [2.75, 3.05) is 41.7 Å². The van der Waals surface area contributed by atoms with E-state index in [4.69, 9.17) is 16.6 Å². The highest BCUT2D eigenvalue weighted by molar-refractivity contribution is 6.30. The normalized spacial score (nSPS) is 20.0. The number of nitrogens with zero attached hydrogens (tertiary/aromatic N) is 6. The third-order valence-electron chi connectivity index (χ3n) is 8.49. The maximum atomic E-state index is 12.9. The van der Waals surface area contributed by atoms with E-state index < -0.39 is 0 Å². The Hall–Kier alpha value is -4.18. The molecule has 2 saturated carbocycles. The average Bonchev–Trinajstić information content (AvgIpc) is 3.92. The van der Waals surface area contributed by atoms with Crippen molar-refractivity contribution in [3.63, 3.8) is 0 Å². The van der Waals surface area contributed by atoms with Crippen LogP contribution in [0.1, 0.15) is 54.8 Å². The van der Waals surface area contributed by atoms with Gasteiger partial charge in [-0.05, 0) is 60.4 Å². The van der Waals surface area contributed by atoms with Crippen LogP contribution < -0.4 is 15.5 Å². The summed E-state index contributed by atoms with van der Waals surface area (Å²) in [5.74, 6) is 1.86. The van der Waals surface area contributed by atoms with Gasteiger partial charge in [-0.1, -0.05) is 23.7 Å². The smallest absolute Gasteiger partial charge is 0.229 e. The van der Waals surface area contributed by atoms with Gasteiger partial charge in [0.05, 0.1) is 17.9 Å². The lowest BCUT2D eigenvalue weighted by atomic mass is 10.1. The van der Waals surface area contributed by atoms with E-state index in [-0.39, 0.29) is 23.7 Å². The van der Waals surface area contributed by atoms with Crippen molar-refractivity contribution >= 4 is 46.4 Å². The number of hydrogen-bond donors (Lipinski definition) is 2. The van der Waals surface area contributed by atoms with E-state index in [1.165, 1.54) is 24.7 Å². The summed E-state index contributed by atoms with van der Waals surface area (Å²) < 4.78 is 2.13. The molecule has 0 radical (unpaired) electrons. The molecular weight excluding hydrogens is 552 g/mol. The van der Waals surface area contributed by atoms with E-state index in [1.807, 2.05) is 29.2 Å². The third kappa shape index (κ3) is 5.63. The fourth-order valence-electron chi connectivity index (χ4n) is 5.89. The number of nitrogens with one attached hydrogen (secondary N) is 2. The van der Waals surface area contributed by atoms with Gasteiger partial charge in [0.2, 0.25) is 11.8 Å². The van der Waals surface area contributed by atoms with Crippen LogP contribution >= 0.6 is 11.6 Å². The molecule has 3 aliphatic rings. The Kier molecular flexibility index (Phi) is 6.93. The summed E-state index contributed by atoms with van der Waals surface area (Å²) >= 11 is 6.12. The van der Waals surface area contributed by atoms with Crippen LogP contribution in [0.3, 0.4) is 0 Å². The third-order valence-corrected chi connectivity index (χ3v) is 8.73. The molecule has 1 aromatic carbocycles. The lowest BCUT2D eigenvalue weighted by Crippen LogP contribution is -2.48. The number of hydrogen-bond acceptors (Lipinski definition) is 7. The van der Waals surface area contributed by atoms with Gasteiger partial charge in [0.1, 0.15) is 18.0 Å². The van der Waals surface area contributed by atoms with Gasteiger partial charge < -0.3 is 24.8 Å². The van der Waals surface area contributed by atoms with Gasteiger partial charge in [0.15, 0.2) is 5.65 Å². The second kappa shape index (κ2) is 10.9. The molecule has 2 unspecified atom stereocenters. The van der Waals surface area contributed by atoms with Crippen molar-refractivity contribution < 1.29 is 9.59 Å². The first-order valence-electron chi connectivity index (χ1n) is 14.6. The minimum Gasteiger partial charge on any atom is -0.365 e. The van der Waals surface area contributed by atoms with Gasteiger partial charge in [-0.15, -0.1) is 0 Å². The summed E-state index contributed by atoms with van der Waals surface area (Å²) in [4.78, 5) is 42.5. The first-order chi connectivity index (χ1) is 20.4. The standard InChI is InChI=1S/C31H33ClN8O2/c1-19(41)38-7-9-39(10-8-38)27-12-22(20-5-6-20)16-40-17-24(36-30(27)40)15-33-28-14-29(35-18-34-28)37-31(42)26-13-25(26)21-3-2-4-23(32)11-21/h2-4,11-12,14,16-18,20,25-26H,5-10,13,15H2,1H3,(H2,33,34,35,37,42). The summed E-state index contributed by atoms with van der Waals surface area (Å²) in [6.07, 6.45) is 8.96. The number of aromatic nitrogens is 4. The zero-order valence-electron chi connectivity index (χ0n) is 23.5. The van der Waals surface area contributed by atoms with Crippen LogP contribution in [0.4, 0.5) is 17.3 Å². The largest absolute Gasteiger partial charge is 0.365 e. The van der Waals surface area contributed by atoms with Gasteiger partial charge in [-0.25, -0.2) is 15.0 Å². The Morgan fingerprint density at radius 3 is 2.57 bits per heavy atom. The van der Waals surface area contributed by atoms with Crippen LogP contribution in [0, 0.1) is 5.92 Å². The monoisotopic (exact) mass is 584 g/mol. The fraction of sp³-hybridized carbons (Fsp3) is 0.387. The quantitative estimate of drug-likeness (QED) is 0.310. The molecule has 3 aromatic heterocycles. The van der Waals surface area contributed by atoms with Crippen LogP contribution in [0.2, 0.25) is 5.02 Å². The van der Waals surface area contributed by atoms with Crippen molar-refractivity contribution in [1.29, 1.82) is 0 Å². The Labute approximate surface area is 249 Å². The minimum atomic E-state index is -0.0898. The number of imidazole rings is 1. The van der Waals surface area contributed by atoms with Gasteiger partial charge in [-0.2, -0.15) is 0 Å². The maximum absolute atomic E-state index is 12.9. The average molecular weight is 585 g/mol. The Bertz CT molecular complexity index is 1660. The number of amides is 2. The molecule has 4 heterocycles. The molecule has 2 N–H and O–H groups in total. The number of carbonyl (C=O) groups is 2. The number of benzene rings is 1. The summed E-state index contributed by atoms with van der Waals surface area (Å²) in [6.45, 7) is 5.13. The molecule has 0 bridgehead atoms. The number of carbonyl (C=O) groups excluding carboxylic acids is 2. The Balaban J connectivity index is 1.02. The van der Waals surface area contributed by atoms with E-state index in [0.29, 0.717) is 29.1 Å². The van der Waals surface area contributed by atoms with Gasteiger partial charge in [-0.3, -0.25) is 9.59 Å². The molecule has 216 valence electrons. The first-order valence-corrected chi connectivity index (χ1v) is 14.9. The number of halogens is 1. The highest BCUT2D eigenvalue weighted by Gasteiger charge is 2.44. The van der Waals surface area contributed by atoms with Crippen molar-refractivity contribution in [3.8, 4) is 0 Å². The predicted molar refractivity (Wildman–Crippen MR) is 162 cm³/mol. The van der Waals surface area contributed by atoms with E-state index in [0.717, 1.165) is 55.2 Å². The SMILES string of the molecule is CC(=O)N1CCN(c2cc(C3CC3)cn3cc(CNc4cc(NC(=O)C5CC5c5cccc(Cl)c5)ncn4)nc23)CC1. The molecule has 11 heteroatoms. The maximum Gasteiger partial charge on any atom is 0.229 e. The molecule has 2 aliphatic carbocycles. The van der Waals surface area contributed by atoms with E-state index in [9.17, 15) is 9.59 Å². The molecule has 7 rings (SSSR count). The highest BCUT2D eigenvalue weighted by Crippen LogP contribution is 2.48. The lowest BCUT2D eigenvalue weighted by Gasteiger charge is -2.35. The van der Waals surface area contributed by atoms with Crippen LogP contribution in [-0.2, 0) is 16.1 Å². The molecular formula is C31H33ClN8O2. The Morgan fingerprint density at radius 1 is 1.00 bits per heavy atom. The second-order valence-corrected chi connectivity index (χ2v) is 12.0. The number of fused-ring (bicyclic) bond motifs is 1. The fourth-order valence-corrected chi connectivity index (χ4v) is 6.08. The number of rotatable bonds is 8. The summed E-state index contributed by atoms with van der Waals surface area (Å²) in [5, 5.41) is 6.96. The zero-order valence-corrected chi connectivity index (χ0v) is 24.2. The van der Waals surface area contributed by atoms with Crippen molar-refractivity contribution in [2.45, 2.75) is 44.6 Å². The van der Waals surface area contributed by atoms with Crippen molar-refractivity contribution in [2.24, 2.45) is 5.92 Å². The van der Waals surface area contributed by atoms with Gasteiger partial charge >= 0.3 is 0 Å². The lowest BCUT2D eigenvalue weighted by molar-refractivity contribution is -0.129.